The van der Waals surface area contributed by atoms with Gasteiger partial charge < -0.3 is 0 Å². The first kappa shape index (κ1) is 9.45. The monoisotopic (exact) mass is 188 g/mol. The summed E-state index contributed by atoms with van der Waals surface area (Å²) in [5.41, 5.74) is 3.82. The Morgan fingerprint density at radius 2 is 2.00 bits per heavy atom. The Bertz CT molecular complexity index is 365. The van der Waals surface area contributed by atoms with E-state index in [9.17, 15) is 4.79 Å². The first-order chi connectivity index (χ1) is 6.68. The van der Waals surface area contributed by atoms with Gasteiger partial charge in [-0.05, 0) is 43.4 Å². The van der Waals surface area contributed by atoms with Crippen molar-refractivity contribution in [1.29, 1.82) is 0 Å². The van der Waals surface area contributed by atoms with Crippen molar-refractivity contribution in [2.45, 2.75) is 39.0 Å². The van der Waals surface area contributed by atoms with Gasteiger partial charge in [-0.1, -0.05) is 18.2 Å². The smallest absolute Gasteiger partial charge is 0.140 e. The number of ketones is 1. The van der Waals surface area contributed by atoms with Gasteiger partial charge in [-0.3, -0.25) is 4.79 Å². The van der Waals surface area contributed by atoms with Crippen LogP contribution in [0.5, 0.6) is 0 Å². The minimum atomic E-state index is 0.189. The third kappa shape index (κ3) is 1.59. The van der Waals surface area contributed by atoms with Crippen LogP contribution in [0.1, 0.15) is 41.9 Å². The highest BCUT2D eigenvalue weighted by Gasteiger charge is 2.25. The van der Waals surface area contributed by atoms with Crippen molar-refractivity contribution in [3.05, 3.63) is 34.9 Å². The Kier molecular flexibility index (Phi) is 2.40. The molecule has 1 saturated carbocycles. The van der Waals surface area contributed by atoms with Crippen molar-refractivity contribution in [2.75, 3.05) is 0 Å². The minimum absolute atomic E-state index is 0.189. The molecule has 1 aromatic carbocycles. The second kappa shape index (κ2) is 3.56. The molecule has 0 radical (unpaired) electrons. The molecule has 14 heavy (non-hydrogen) atoms. The highest BCUT2D eigenvalue weighted by atomic mass is 16.1. The standard InChI is InChI=1S/C13H16O/c1-9-6-7-11(8-10(9)2)12-4-3-5-13(12)14/h6-8,12H,3-5H2,1-2H3. The lowest BCUT2D eigenvalue weighted by molar-refractivity contribution is -0.118. The van der Waals surface area contributed by atoms with Crippen LogP contribution in [-0.4, -0.2) is 5.78 Å². The molecule has 1 fully saturated rings. The molecule has 2 rings (SSSR count). The number of carbonyl (C=O) groups is 1. The maximum absolute atomic E-state index is 11.6. The van der Waals surface area contributed by atoms with Crippen molar-refractivity contribution in [3.8, 4) is 0 Å². The number of benzene rings is 1. The number of hydrogen-bond donors (Lipinski definition) is 0. The Labute approximate surface area is 85.1 Å². The zero-order chi connectivity index (χ0) is 10.1. The summed E-state index contributed by atoms with van der Waals surface area (Å²) in [4.78, 5) is 11.6. The molecule has 0 amide bonds. The number of rotatable bonds is 1. The van der Waals surface area contributed by atoms with Gasteiger partial charge in [-0.15, -0.1) is 0 Å². The van der Waals surface area contributed by atoms with Crippen molar-refractivity contribution >= 4 is 5.78 Å². The molecule has 1 atom stereocenters. The van der Waals surface area contributed by atoms with Crippen LogP contribution in [-0.2, 0) is 4.79 Å². The van der Waals surface area contributed by atoms with Gasteiger partial charge in [0.2, 0.25) is 0 Å². The molecule has 0 aromatic heterocycles. The summed E-state index contributed by atoms with van der Waals surface area (Å²) in [6, 6.07) is 6.40. The fraction of sp³-hybridized carbons (Fsp3) is 0.462. The van der Waals surface area contributed by atoms with Crippen LogP contribution in [0.25, 0.3) is 0 Å². The Hall–Kier alpha value is -1.11. The summed E-state index contributed by atoms with van der Waals surface area (Å²) in [5.74, 6) is 0.613. The van der Waals surface area contributed by atoms with Gasteiger partial charge in [0.25, 0.3) is 0 Å². The average molecular weight is 188 g/mol. The van der Waals surface area contributed by atoms with E-state index in [1.807, 2.05) is 0 Å². The van der Waals surface area contributed by atoms with Crippen molar-refractivity contribution in [2.24, 2.45) is 0 Å². The lowest BCUT2D eigenvalue weighted by Gasteiger charge is -2.10. The molecule has 0 heterocycles. The molecule has 0 N–H and O–H groups in total. The van der Waals surface area contributed by atoms with E-state index in [2.05, 4.69) is 32.0 Å². The number of hydrogen-bond acceptors (Lipinski definition) is 1. The van der Waals surface area contributed by atoms with Gasteiger partial charge in [-0.25, -0.2) is 0 Å². The molecular weight excluding hydrogens is 172 g/mol. The first-order valence-electron chi connectivity index (χ1n) is 5.28. The molecule has 0 aliphatic heterocycles. The fourth-order valence-electron chi connectivity index (χ4n) is 2.15. The highest BCUT2D eigenvalue weighted by Crippen LogP contribution is 2.31. The maximum atomic E-state index is 11.6. The average Bonchev–Trinajstić information content (AvgIpc) is 2.57. The quantitative estimate of drug-likeness (QED) is 0.661. The van der Waals surface area contributed by atoms with E-state index in [1.54, 1.807) is 0 Å². The van der Waals surface area contributed by atoms with Gasteiger partial charge in [0.1, 0.15) is 5.78 Å². The Balaban J connectivity index is 2.32. The van der Waals surface area contributed by atoms with Crippen LogP contribution in [0.15, 0.2) is 18.2 Å². The zero-order valence-corrected chi connectivity index (χ0v) is 8.84. The lowest BCUT2D eigenvalue weighted by atomic mass is 9.94. The van der Waals surface area contributed by atoms with E-state index in [1.165, 1.54) is 16.7 Å². The topological polar surface area (TPSA) is 17.1 Å². The van der Waals surface area contributed by atoms with Crippen molar-refractivity contribution < 1.29 is 4.79 Å². The normalized spacial score (nSPS) is 21.6. The number of carbonyl (C=O) groups excluding carboxylic acids is 1. The van der Waals surface area contributed by atoms with Crippen molar-refractivity contribution in [1.82, 2.24) is 0 Å². The molecule has 74 valence electrons. The van der Waals surface area contributed by atoms with Gasteiger partial charge in [0, 0.05) is 12.3 Å². The summed E-state index contributed by atoms with van der Waals surface area (Å²) in [6.07, 6.45) is 2.88. The van der Waals surface area contributed by atoms with E-state index in [0.29, 0.717) is 5.78 Å². The number of Topliss-reactive ketones (excluding diaryl/α,β-unsaturated/α-hetero) is 1. The van der Waals surface area contributed by atoms with Crippen LogP contribution in [0, 0.1) is 13.8 Å². The molecule has 1 aromatic rings. The summed E-state index contributed by atoms with van der Waals surface area (Å²) in [6.45, 7) is 4.22. The van der Waals surface area contributed by atoms with Crippen LogP contribution in [0.3, 0.4) is 0 Å². The molecule has 1 aliphatic rings. The zero-order valence-electron chi connectivity index (χ0n) is 8.84. The summed E-state index contributed by atoms with van der Waals surface area (Å²) < 4.78 is 0. The Morgan fingerprint density at radius 1 is 1.21 bits per heavy atom. The molecule has 0 bridgehead atoms. The van der Waals surface area contributed by atoms with E-state index in [-0.39, 0.29) is 5.92 Å². The predicted octanol–water partition coefficient (Wildman–Crippen LogP) is 3.14. The second-order valence-electron chi connectivity index (χ2n) is 4.25. The largest absolute Gasteiger partial charge is 0.299 e. The highest BCUT2D eigenvalue weighted by molar-refractivity contribution is 5.87. The SMILES string of the molecule is Cc1ccc(C2CCCC2=O)cc1C. The van der Waals surface area contributed by atoms with Gasteiger partial charge in [0.15, 0.2) is 0 Å². The summed E-state index contributed by atoms with van der Waals surface area (Å²) >= 11 is 0. The lowest BCUT2D eigenvalue weighted by Crippen LogP contribution is -2.04. The predicted molar refractivity (Wildman–Crippen MR) is 57.5 cm³/mol. The first-order valence-corrected chi connectivity index (χ1v) is 5.28. The molecule has 1 heteroatoms. The molecular formula is C13H16O. The number of aryl methyl sites for hydroxylation is 2. The summed E-state index contributed by atoms with van der Waals surface area (Å²) in [5, 5.41) is 0. The van der Waals surface area contributed by atoms with E-state index < -0.39 is 0 Å². The van der Waals surface area contributed by atoms with Crippen LogP contribution in [0.4, 0.5) is 0 Å². The fourth-order valence-corrected chi connectivity index (χ4v) is 2.15. The molecule has 1 nitrogen and oxygen atoms in total. The Morgan fingerprint density at radius 3 is 2.57 bits per heavy atom. The van der Waals surface area contributed by atoms with E-state index >= 15 is 0 Å². The van der Waals surface area contributed by atoms with E-state index in [0.717, 1.165) is 19.3 Å². The van der Waals surface area contributed by atoms with Gasteiger partial charge >= 0.3 is 0 Å². The van der Waals surface area contributed by atoms with Crippen molar-refractivity contribution in [3.63, 3.8) is 0 Å². The van der Waals surface area contributed by atoms with E-state index in [4.69, 9.17) is 0 Å². The molecule has 0 spiro atoms. The molecule has 1 aliphatic carbocycles. The van der Waals surface area contributed by atoms with Crippen LogP contribution < -0.4 is 0 Å². The molecule has 1 unspecified atom stereocenters. The maximum Gasteiger partial charge on any atom is 0.140 e. The van der Waals surface area contributed by atoms with Crippen LogP contribution >= 0.6 is 0 Å². The van der Waals surface area contributed by atoms with Gasteiger partial charge in [0.05, 0.1) is 0 Å². The third-order valence-corrected chi connectivity index (χ3v) is 3.24. The van der Waals surface area contributed by atoms with Crippen LogP contribution in [0.2, 0.25) is 0 Å². The summed E-state index contributed by atoms with van der Waals surface area (Å²) in [7, 11) is 0. The third-order valence-electron chi connectivity index (χ3n) is 3.24. The second-order valence-corrected chi connectivity index (χ2v) is 4.25. The van der Waals surface area contributed by atoms with Gasteiger partial charge in [-0.2, -0.15) is 0 Å². The minimum Gasteiger partial charge on any atom is -0.299 e. The molecule has 0 saturated heterocycles.